The maximum atomic E-state index is 12.6. The Hall–Kier alpha value is -2.17. The first-order valence-corrected chi connectivity index (χ1v) is 10.7. The molecule has 0 saturated carbocycles. The van der Waals surface area contributed by atoms with Gasteiger partial charge in [-0.15, -0.1) is 0 Å². The number of aliphatic hydroxyl groups excluding tert-OH is 1. The van der Waals surface area contributed by atoms with Gasteiger partial charge in [-0.05, 0) is 35.3 Å². The number of fused-ring (bicyclic) bond motifs is 1. The summed E-state index contributed by atoms with van der Waals surface area (Å²) in [6.45, 7) is 3.12. The standard InChI is InChI=1S/C19H25BrN6O3/c20-13-9-22-19-17(14(10-23-19)24-15(28)11-27)18(13)26-6-4-25(5-7-26)16(29)8-12-2-1-3-21-12/h9-10,12,21,27H,1-8,11H2,(H,22,23)(H,24,28)/t12-/m0/s1. The monoisotopic (exact) mass is 464 g/mol. The molecule has 0 unspecified atom stereocenters. The number of amides is 2. The second kappa shape index (κ2) is 8.68. The van der Waals surface area contributed by atoms with Crippen LogP contribution >= 0.6 is 15.9 Å². The zero-order valence-electron chi connectivity index (χ0n) is 16.1. The molecule has 2 aromatic rings. The van der Waals surface area contributed by atoms with Gasteiger partial charge in [-0.2, -0.15) is 0 Å². The fraction of sp³-hybridized carbons (Fsp3) is 0.526. The van der Waals surface area contributed by atoms with Gasteiger partial charge in [0.05, 0.1) is 21.2 Å². The van der Waals surface area contributed by atoms with Gasteiger partial charge in [0, 0.05) is 51.0 Å². The fourth-order valence-corrected chi connectivity index (χ4v) is 4.65. The van der Waals surface area contributed by atoms with E-state index in [4.69, 9.17) is 5.11 Å². The van der Waals surface area contributed by atoms with E-state index in [-0.39, 0.29) is 5.91 Å². The average Bonchev–Trinajstić information content (AvgIpc) is 3.38. The highest BCUT2D eigenvalue weighted by atomic mass is 79.9. The number of hydrogen-bond donors (Lipinski definition) is 4. The third-order valence-electron chi connectivity index (χ3n) is 5.58. The molecule has 156 valence electrons. The Morgan fingerprint density at radius 1 is 1.31 bits per heavy atom. The molecule has 9 nitrogen and oxygen atoms in total. The first kappa shape index (κ1) is 20.1. The van der Waals surface area contributed by atoms with Crippen molar-refractivity contribution in [1.29, 1.82) is 0 Å². The number of carbonyl (C=O) groups is 2. The van der Waals surface area contributed by atoms with Crippen LogP contribution in [0.25, 0.3) is 11.0 Å². The maximum Gasteiger partial charge on any atom is 0.250 e. The highest BCUT2D eigenvalue weighted by molar-refractivity contribution is 9.10. The fourth-order valence-electron chi connectivity index (χ4n) is 4.10. The van der Waals surface area contributed by atoms with Gasteiger partial charge in [-0.25, -0.2) is 4.98 Å². The Morgan fingerprint density at radius 3 is 2.79 bits per heavy atom. The van der Waals surface area contributed by atoms with Crippen LogP contribution in [-0.2, 0) is 9.59 Å². The van der Waals surface area contributed by atoms with Crippen LogP contribution in [0.3, 0.4) is 0 Å². The number of halogens is 1. The lowest BCUT2D eigenvalue weighted by molar-refractivity contribution is -0.132. The Morgan fingerprint density at radius 2 is 2.10 bits per heavy atom. The van der Waals surface area contributed by atoms with E-state index in [2.05, 4.69) is 41.4 Å². The summed E-state index contributed by atoms with van der Waals surface area (Å²) in [4.78, 5) is 35.9. The Bertz CT molecular complexity index is 903. The molecule has 29 heavy (non-hydrogen) atoms. The normalized spacial score (nSPS) is 19.7. The predicted octanol–water partition coefficient (Wildman–Crippen LogP) is 1.05. The van der Waals surface area contributed by atoms with Crippen molar-refractivity contribution in [2.45, 2.75) is 25.3 Å². The van der Waals surface area contributed by atoms with Crippen LogP contribution in [0.2, 0.25) is 0 Å². The van der Waals surface area contributed by atoms with Crippen LogP contribution in [0.1, 0.15) is 19.3 Å². The molecule has 2 amide bonds. The number of hydrogen-bond acceptors (Lipinski definition) is 6. The number of aromatic amines is 1. The molecule has 4 rings (SSSR count). The quantitative estimate of drug-likeness (QED) is 0.525. The van der Waals surface area contributed by atoms with Gasteiger partial charge >= 0.3 is 0 Å². The number of piperazine rings is 1. The van der Waals surface area contributed by atoms with E-state index >= 15 is 0 Å². The second-order valence-electron chi connectivity index (χ2n) is 7.45. The number of carbonyl (C=O) groups excluding carboxylic acids is 2. The van der Waals surface area contributed by atoms with Gasteiger partial charge in [0.15, 0.2) is 0 Å². The van der Waals surface area contributed by atoms with E-state index < -0.39 is 12.5 Å². The Balaban J connectivity index is 1.50. The number of anilines is 2. The molecule has 0 aromatic carbocycles. The molecular weight excluding hydrogens is 440 g/mol. The minimum absolute atomic E-state index is 0.209. The van der Waals surface area contributed by atoms with Crippen LogP contribution in [0.4, 0.5) is 11.4 Å². The third-order valence-corrected chi connectivity index (χ3v) is 6.16. The smallest absolute Gasteiger partial charge is 0.250 e. The number of nitrogens with zero attached hydrogens (tertiary/aromatic N) is 3. The molecule has 1 atom stereocenters. The van der Waals surface area contributed by atoms with Crippen LogP contribution < -0.4 is 15.5 Å². The van der Waals surface area contributed by atoms with Crippen molar-refractivity contribution in [1.82, 2.24) is 20.2 Å². The number of aliphatic hydroxyl groups is 1. The molecule has 10 heteroatoms. The van der Waals surface area contributed by atoms with Gasteiger partial charge in [0.1, 0.15) is 12.3 Å². The van der Waals surface area contributed by atoms with Crippen molar-refractivity contribution in [3.63, 3.8) is 0 Å². The highest BCUT2D eigenvalue weighted by Gasteiger charge is 2.27. The minimum atomic E-state index is -0.583. The molecule has 0 aliphatic carbocycles. The van der Waals surface area contributed by atoms with E-state index in [0.717, 1.165) is 34.9 Å². The highest BCUT2D eigenvalue weighted by Crippen LogP contribution is 2.38. The molecule has 2 aliphatic rings. The molecule has 2 saturated heterocycles. The van der Waals surface area contributed by atoms with Crippen LogP contribution in [0.15, 0.2) is 16.9 Å². The van der Waals surface area contributed by atoms with Crippen molar-refractivity contribution in [3.8, 4) is 0 Å². The topological polar surface area (TPSA) is 114 Å². The Labute approximate surface area is 177 Å². The molecule has 4 heterocycles. The van der Waals surface area contributed by atoms with Crippen LogP contribution in [0.5, 0.6) is 0 Å². The van der Waals surface area contributed by atoms with Crippen molar-refractivity contribution in [3.05, 3.63) is 16.9 Å². The summed E-state index contributed by atoms with van der Waals surface area (Å²) in [7, 11) is 0. The molecule has 0 bridgehead atoms. The summed E-state index contributed by atoms with van der Waals surface area (Å²) in [6, 6.07) is 0.312. The van der Waals surface area contributed by atoms with Crippen molar-refractivity contribution in [2.75, 3.05) is 49.5 Å². The number of aromatic nitrogens is 2. The first-order chi connectivity index (χ1) is 14.1. The van der Waals surface area contributed by atoms with E-state index in [1.165, 1.54) is 0 Å². The van der Waals surface area contributed by atoms with Gasteiger partial charge in [0.2, 0.25) is 11.8 Å². The van der Waals surface area contributed by atoms with Crippen LogP contribution in [-0.4, -0.2) is 77.2 Å². The van der Waals surface area contributed by atoms with Crippen molar-refractivity contribution in [2.24, 2.45) is 0 Å². The number of rotatable bonds is 5. The second-order valence-corrected chi connectivity index (χ2v) is 8.31. The lowest BCUT2D eigenvalue weighted by Gasteiger charge is -2.37. The molecule has 0 radical (unpaired) electrons. The van der Waals surface area contributed by atoms with Gasteiger partial charge in [-0.3, -0.25) is 9.59 Å². The van der Waals surface area contributed by atoms with Crippen LogP contribution in [0, 0.1) is 0 Å². The number of H-pyrrole nitrogens is 1. The van der Waals surface area contributed by atoms with Gasteiger partial charge in [0.25, 0.3) is 0 Å². The molecule has 2 aromatic heterocycles. The minimum Gasteiger partial charge on any atom is -0.387 e. The number of pyridine rings is 1. The average molecular weight is 465 g/mol. The van der Waals surface area contributed by atoms with E-state index in [1.807, 2.05) is 4.90 Å². The SMILES string of the molecule is O=C(CO)Nc1c[nH]c2ncc(Br)c(N3CCN(C(=O)C[C@@H]4CCCN4)CC3)c12. The zero-order chi connectivity index (χ0) is 20.4. The summed E-state index contributed by atoms with van der Waals surface area (Å²) < 4.78 is 0.819. The summed E-state index contributed by atoms with van der Waals surface area (Å²) in [5, 5.41) is 15.9. The van der Waals surface area contributed by atoms with Gasteiger partial charge in [-0.1, -0.05) is 0 Å². The van der Waals surface area contributed by atoms with E-state index in [1.54, 1.807) is 12.4 Å². The largest absolute Gasteiger partial charge is 0.387 e. The summed E-state index contributed by atoms with van der Waals surface area (Å²) in [5.41, 5.74) is 2.16. The van der Waals surface area contributed by atoms with E-state index in [9.17, 15) is 9.59 Å². The third kappa shape index (κ3) is 4.24. The maximum absolute atomic E-state index is 12.6. The molecule has 2 fully saturated rings. The Kier molecular flexibility index (Phi) is 6.02. The van der Waals surface area contributed by atoms with Crippen molar-refractivity contribution < 1.29 is 14.7 Å². The summed E-state index contributed by atoms with van der Waals surface area (Å²) in [6.07, 6.45) is 6.19. The number of nitrogens with one attached hydrogen (secondary N) is 3. The molecular formula is C19H25BrN6O3. The summed E-state index contributed by atoms with van der Waals surface area (Å²) >= 11 is 3.59. The van der Waals surface area contributed by atoms with E-state index in [0.29, 0.717) is 50.0 Å². The lowest BCUT2D eigenvalue weighted by atomic mass is 10.1. The molecule has 4 N–H and O–H groups in total. The molecule has 2 aliphatic heterocycles. The molecule has 0 spiro atoms. The lowest BCUT2D eigenvalue weighted by Crippen LogP contribution is -2.49. The van der Waals surface area contributed by atoms with Gasteiger partial charge < -0.3 is 30.5 Å². The summed E-state index contributed by atoms with van der Waals surface area (Å²) in [5.74, 6) is -0.270. The van der Waals surface area contributed by atoms with Crippen molar-refractivity contribution >= 4 is 50.2 Å². The predicted molar refractivity (Wildman–Crippen MR) is 114 cm³/mol. The first-order valence-electron chi connectivity index (χ1n) is 9.89. The zero-order valence-corrected chi connectivity index (χ0v) is 17.7.